The molecule has 0 aliphatic rings. The van der Waals surface area contributed by atoms with Gasteiger partial charge >= 0.3 is 0 Å². The van der Waals surface area contributed by atoms with Gasteiger partial charge in [-0.15, -0.1) is 0 Å². The predicted octanol–water partition coefficient (Wildman–Crippen LogP) is -1.35. The van der Waals surface area contributed by atoms with E-state index in [0.717, 1.165) is 6.34 Å². The molecule has 0 saturated heterocycles. The molecular formula is C2H7N3O. The number of nitrogens with two attached hydrogens (primary N) is 2. The van der Waals surface area contributed by atoms with Crippen LogP contribution in [0.25, 0.3) is 0 Å². The lowest BCUT2D eigenvalue weighted by Crippen LogP contribution is -1.82. The molecule has 0 fully saturated rings. The van der Waals surface area contributed by atoms with Gasteiger partial charge in [-0.25, -0.2) is 0 Å². The highest BCUT2D eigenvalue weighted by Gasteiger charge is 1.19. The Morgan fingerprint density at radius 1 is 1.50 bits per heavy atom. The van der Waals surface area contributed by atoms with Crippen LogP contribution >= 0.6 is 0 Å². The minimum absolute atomic E-state index is 0.250. The maximum atomic E-state index is 8.58. The highest BCUT2D eigenvalue weighted by molar-refractivity contribution is 5.46. The van der Waals surface area contributed by atoms with Crippen molar-refractivity contribution >= 4 is 12.7 Å². The Labute approximate surface area is 35.6 Å². The molecule has 0 bridgehead atoms. The molecule has 0 rings (SSSR count). The zero-order valence-corrected chi connectivity index (χ0v) is 3.22. The molecule has 0 aromatic carbocycles. The first-order valence-electron chi connectivity index (χ1n) is 1.19. The summed E-state index contributed by atoms with van der Waals surface area (Å²) >= 11 is 0. The summed E-state index contributed by atoms with van der Waals surface area (Å²) in [6.07, 6.45) is 1.00. The molecule has 0 unspecified atom stereocenters. The zero-order chi connectivity index (χ0) is 5.41. The summed E-state index contributed by atoms with van der Waals surface area (Å²) in [5.41, 5.74) is 8.56. The van der Waals surface area contributed by atoms with Gasteiger partial charge in [-0.1, -0.05) is 0 Å². The normalized spacial score (nSPS) is 4.00. The largest absolute Gasteiger partial charge is 0.390 e. The molecule has 36 valence electrons. The Morgan fingerprint density at radius 2 is 1.50 bits per heavy atom. The van der Waals surface area contributed by atoms with Crippen LogP contribution in [0.5, 0.6) is 0 Å². The Balaban J connectivity index is 0. The van der Waals surface area contributed by atoms with Crippen LogP contribution in [0, 0.1) is 5.41 Å². The Hall–Kier alpha value is -1.06. The first kappa shape index (κ1) is 8.87. The number of primary amides is 1. The van der Waals surface area contributed by atoms with Crippen molar-refractivity contribution in [2.45, 2.75) is 0 Å². The summed E-state index contributed by atoms with van der Waals surface area (Å²) in [4.78, 5) is 8.58. The second-order valence-corrected chi connectivity index (χ2v) is 0.303. The van der Waals surface area contributed by atoms with Crippen molar-refractivity contribution in [3.8, 4) is 0 Å². The van der Waals surface area contributed by atoms with Crippen LogP contribution in [-0.2, 0) is 4.79 Å². The van der Waals surface area contributed by atoms with Gasteiger partial charge in [-0.2, -0.15) is 0 Å². The fourth-order valence-corrected chi connectivity index (χ4v) is 0. The van der Waals surface area contributed by atoms with E-state index in [2.05, 4.69) is 11.5 Å². The van der Waals surface area contributed by atoms with E-state index < -0.39 is 0 Å². The van der Waals surface area contributed by atoms with Crippen LogP contribution in [0.15, 0.2) is 0 Å². The molecule has 6 heavy (non-hydrogen) atoms. The fourth-order valence-electron chi connectivity index (χ4n) is 0. The van der Waals surface area contributed by atoms with Crippen molar-refractivity contribution < 1.29 is 4.79 Å². The molecule has 1 amide bonds. The number of carbonyl (C=O) groups is 1. The van der Waals surface area contributed by atoms with Crippen LogP contribution in [0.3, 0.4) is 0 Å². The van der Waals surface area contributed by atoms with Crippen LogP contribution < -0.4 is 11.5 Å². The smallest absolute Gasteiger partial charge is 0.204 e. The topological polar surface area (TPSA) is 93.0 Å². The average Bonchev–Trinajstić information content (AvgIpc) is 1.39. The number of rotatable bonds is 0. The Kier molecular flexibility index (Phi) is 57.0. The zero-order valence-electron chi connectivity index (χ0n) is 3.22. The molecule has 0 aromatic rings. The first-order chi connectivity index (χ1) is 2.83. The Morgan fingerprint density at radius 3 is 1.50 bits per heavy atom. The number of nitrogens with one attached hydrogen (secondary N) is 1. The number of hydrogen-bond donors (Lipinski definition) is 3. The molecule has 0 radical (unpaired) electrons. The number of amides is 1. The summed E-state index contributed by atoms with van der Waals surface area (Å²) in [5, 5.41) is 5.86. The van der Waals surface area contributed by atoms with Crippen molar-refractivity contribution in [1.29, 1.82) is 5.41 Å². The second-order valence-electron chi connectivity index (χ2n) is 0.303. The molecular weight excluding hydrogens is 82.0 g/mol. The molecule has 0 aliphatic carbocycles. The Bertz CT molecular complexity index is 29.8. The third-order valence-corrected chi connectivity index (χ3v) is 0. The lowest BCUT2D eigenvalue weighted by molar-refractivity contribution is -0.106. The third-order valence-electron chi connectivity index (χ3n) is 0. The van der Waals surface area contributed by atoms with Gasteiger partial charge < -0.3 is 11.5 Å². The van der Waals surface area contributed by atoms with Gasteiger partial charge in [0.25, 0.3) is 0 Å². The molecule has 0 spiro atoms. The molecule has 0 heterocycles. The van der Waals surface area contributed by atoms with Gasteiger partial charge in [-0.05, 0) is 0 Å². The number of hydrogen-bond acceptors (Lipinski definition) is 2. The van der Waals surface area contributed by atoms with E-state index in [4.69, 9.17) is 10.2 Å². The monoisotopic (exact) mass is 89.1 g/mol. The van der Waals surface area contributed by atoms with Crippen LogP contribution in [0.2, 0.25) is 0 Å². The molecule has 0 atom stereocenters. The van der Waals surface area contributed by atoms with Crippen molar-refractivity contribution in [3.63, 3.8) is 0 Å². The van der Waals surface area contributed by atoms with Gasteiger partial charge in [0.15, 0.2) is 0 Å². The van der Waals surface area contributed by atoms with Crippen LogP contribution in [0.1, 0.15) is 0 Å². The predicted molar refractivity (Wildman–Crippen MR) is 23.2 cm³/mol. The molecule has 0 aromatic heterocycles. The lowest BCUT2D eigenvalue weighted by atomic mass is 11.4. The van der Waals surface area contributed by atoms with Gasteiger partial charge in [0.1, 0.15) is 0 Å². The lowest BCUT2D eigenvalue weighted by Gasteiger charge is -1.38. The molecule has 4 nitrogen and oxygen atoms in total. The van der Waals surface area contributed by atoms with E-state index in [1.165, 1.54) is 0 Å². The standard InChI is InChI=1S/CH4N2.CH3NO/c2*2-1-3/h1H,(H3,2,3);1H,(H2,2,3). The van der Waals surface area contributed by atoms with Gasteiger partial charge in [0, 0.05) is 0 Å². The fraction of sp³-hybridized carbons (Fsp3) is 0. The summed E-state index contributed by atoms with van der Waals surface area (Å²) in [6, 6.07) is 0. The molecule has 5 N–H and O–H groups in total. The van der Waals surface area contributed by atoms with E-state index in [-0.39, 0.29) is 6.41 Å². The summed E-state index contributed by atoms with van der Waals surface area (Å²) in [6.45, 7) is 0. The SMILES string of the molecule is N=CN.NC=O. The van der Waals surface area contributed by atoms with Gasteiger partial charge in [-0.3, -0.25) is 10.2 Å². The summed E-state index contributed by atoms with van der Waals surface area (Å²) in [7, 11) is 0. The van der Waals surface area contributed by atoms with E-state index in [1.54, 1.807) is 0 Å². The van der Waals surface area contributed by atoms with Gasteiger partial charge in [0.05, 0.1) is 6.34 Å². The van der Waals surface area contributed by atoms with Crippen LogP contribution in [0.4, 0.5) is 0 Å². The van der Waals surface area contributed by atoms with E-state index in [0.29, 0.717) is 0 Å². The first-order valence-corrected chi connectivity index (χ1v) is 1.19. The molecule has 0 aliphatic heterocycles. The van der Waals surface area contributed by atoms with Gasteiger partial charge in [0.2, 0.25) is 6.41 Å². The van der Waals surface area contributed by atoms with E-state index in [1.807, 2.05) is 0 Å². The van der Waals surface area contributed by atoms with Crippen molar-refractivity contribution in [2.24, 2.45) is 11.5 Å². The summed E-state index contributed by atoms with van der Waals surface area (Å²) in [5.74, 6) is 0. The van der Waals surface area contributed by atoms with E-state index >= 15 is 0 Å². The quantitative estimate of drug-likeness (QED) is 0.194. The molecule has 0 saturated carbocycles. The maximum absolute atomic E-state index is 8.58. The number of carbonyl (C=O) groups excluding carboxylic acids is 1. The highest BCUT2D eigenvalue weighted by atomic mass is 16.1. The minimum Gasteiger partial charge on any atom is -0.390 e. The highest BCUT2D eigenvalue weighted by Crippen LogP contribution is 0.879. The van der Waals surface area contributed by atoms with Crippen molar-refractivity contribution in [3.05, 3.63) is 0 Å². The van der Waals surface area contributed by atoms with Crippen molar-refractivity contribution in [1.82, 2.24) is 0 Å². The molecule has 4 heteroatoms. The maximum Gasteiger partial charge on any atom is 0.204 e. The summed E-state index contributed by atoms with van der Waals surface area (Å²) < 4.78 is 0. The van der Waals surface area contributed by atoms with E-state index in [9.17, 15) is 0 Å². The average molecular weight is 89.1 g/mol. The third kappa shape index (κ3) is 9.85. The van der Waals surface area contributed by atoms with Crippen molar-refractivity contribution in [2.75, 3.05) is 0 Å². The second kappa shape index (κ2) is 38.5. The minimum atomic E-state index is 0.250. The van der Waals surface area contributed by atoms with Crippen LogP contribution in [-0.4, -0.2) is 12.7 Å².